The minimum Gasteiger partial charge on any atom is -0.550 e. The van der Waals surface area contributed by atoms with Crippen molar-refractivity contribution in [3.05, 3.63) is 0 Å². The third-order valence-corrected chi connectivity index (χ3v) is 3.45. The van der Waals surface area contributed by atoms with Gasteiger partial charge in [-0.25, -0.2) is 0 Å². The maximum absolute atomic E-state index is 8.89. The summed E-state index contributed by atoms with van der Waals surface area (Å²) in [6.45, 7) is 13.0. The zero-order valence-electron chi connectivity index (χ0n) is 18.1. The summed E-state index contributed by atoms with van der Waals surface area (Å²) in [5, 5.41) is 30.0. The Balaban J connectivity index is -0.0000000409. The van der Waals surface area contributed by atoms with Gasteiger partial charge >= 0.3 is 88.7 Å². The topological polar surface area (TPSA) is 158 Å². The Labute approximate surface area is 225 Å². The SMILES string of the molecule is CC(=O)[O-].CC(=O)[O-].CC(=O)[O-].C[Si](C)(C)CCCNCCN.[Na+].[Na+].[Na+]. The van der Waals surface area contributed by atoms with E-state index in [1.165, 1.54) is 12.5 Å². The average molecular weight is 420 g/mol. The molecule has 0 aliphatic heterocycles. The van der Waals surface area contributed by atoms with Crippen LogP contribution in [0.5, 0.6) is 0 Å². The molecule has 0 aromatic heterocycles. The second-order valence-electron chi connectivity index (χ2n) is 5.68. The van der Waals surface area contributed by atoms with Crippen molar-refractivity contribution in [3.63, 3.8) is 0 Å². The van der Waals surface area contributed by atoms with E-state index in [-0.39, 0.29) is 88.7 Å². The maximum atomic E-state index is 8.89. The van der Waals surface area contributed by atoms with E-state index in [1.54, 1.807) is 0 Å². The Morgan fingerprint density at radius 2 is 1.08 bits per heavy atom. The van der Waals surface area contributed by atoms with Gasteiger partial charge in [0.15, 0.2) is 0 Å². The minimum absolute atomic E-state index is 0. The van der Waals surface area contributed by atoms with Crippen LogP contribution in [0, 0.1) is 0 Å². The van der Waals surface area contributed by atoms with Crippen LogP contribution < -0.4 is 115 Å². The van der Waals surface area contributed by atoms with E-state index in [0.29, 0.717) is 0 Å². The Kier molecular flexibility index (Phi) is 60.3. The van der Waals surface area contributed by atoms with Gasteiger partial charge in [-0.15, -0.1) is 0 Å². The largest absolute Gasteiger partial charge is 1.00 e. The second-order valence-corrected chi connectivity index (χ2v) is 11.3. The molecule has 0 rings (SSSR count). The van der Waals surface area contributed by atoms with Crippen molar-refractivity contribution in [2.75, 3.05) is 19.6 Å². The summed E-state index contributed by atoms with van der Waals surface area (Å²) in [5.74, 6) is -3.25. The van der Waals surface area contributed by atoms with Crippen LogP contribution in [0.2, 0.25) is 25.7 Å². The fourth-order valence-electron chi connectivity index (χ4n) is 0.971. The molecule has 0 aromatic rings. The van der Waals surface area contributed by atoms with Crippen molar-refractivity contribution in [1.82, 2.24) is 5.32 Å². The van der Waals surface area contributed by atoms with Gasteiger partial charge in [-0.2, -0.15) is 0 Å². The van der Waals surface area contributed by atoms with Crippen LogP contribution in [0.15, 0.2) is 0 Å². The molecule has 0 fully saturated rings. The number of nitrogens with one attached hydrogen (secondary N) is 1. The number of carboxylic acid groups (broad SMARTS) is 3. The molecule has 0 radical (unpaired) electrons. The van der Waals surface area contributed by atoms with Gasteiger partial charge in [0.2, 0.25) is 0 Å². The summed E-state index contributed by atoms with van der Waals surface area (Å²) in [6.07, 6.45) is 1.32. The van der Waals surface area contributed by atoms with Crippen molar-refractivity contribution < 1.29 is 118 Å². The van der Waals surface area contributed by atoms with Gasteiger partial charge in [-0.05, 0) is 33.7 Å². The van der Waals surface area contributed by atoms with Crippen LogP contribution in [0.25, 0.3) is 0 Å². The third-order valence-electron chi connectivity index (χ3n) is 1.60. The molecular formula is C14H31N2Na3O6Si. The second kappa shape index (κ2) is 34.1. The van der Waals surface area contributed by atoms with Crippen molar-refractivity contribution in [2.24, 2.45) is 5.73 Å². The van der Waals surface area contributed by atoms with E-state index < -0.39 is 26.0 Å². The van der Waals surface area contributed by atoms with Crippen molar-refractivity contribution in [2.45, 2.75) is 52.9 Å². The number of rotatable bonds is 6. The monoisotopic (exact) mass is 420 g/mol. The van der Waals surface area contributed by atoms with Crippen LogP contribution >= 0.6 is 0 Å². The van der Waals surface area contributed by atoms with Gasteiger partial charge in [0.05, 0.1) is 0 Å². The molecule has 0 bridgehead atoms. The van der Waals surface area contributed by atoms with Gasteiger partial charge in [0, 0.05) is 39.1 Å². The first-order chi connectivity index (χ1) is 10.3. The van der Waals surface area contributed by atoms with Gasteiger partial charge in [-0.3, -0.25) is 0 Å². The molecule has 0 aliphatic rings. The summed E-state index contributed by atoms with van der Waals surface area (Å²) in [6, 6.07) is 1.42. The molecule has 12 heteroatoms. The maximum Gasteiger partial charge on any atom is 1.00 e. The normalized spacial score (nSPS) is 7.96. The van der Waals surface area contributed by atoms with Gasteiger partial charge in [-0.1, -0.05) is 25.7 Å². The first-order valence-electron chi connectivity index (χ1n) is 7.19. The molecule has 26 heavy (non-hydrogen) atoms. The van der Waals surface area contributed by atoms with Gasteiger partial charge < -0.3 is 40.8 Å². The van der Waals surface area contributed by atoms with E-state index >= 15 is 0 Å². The summed E-state index contributed by atoms with van der Waals surface area (Å²) in [7, 11) is -0.789. The van der Waals surface area contributed by atoms with Crippen LogP contribution in [0.4, 0.5) is 0 Å². The number of carbonyl (C=O) groups is 3. The Morgan fingerprint density at radius 3 is 1.27 bits per heavy atom. The number of nitrogens with two attached hydrogens (primary N) is 1. The molecular weight excluding hydrogens is 389 g/mol. The first-order valence-corrected chi connectivity index (χ1v) is 10.9. The van der Waals surface area contributed by atoms with Crippen molar-refractivity contribution in [1.29, 1.82) is 0 Å². The molecule has 140 valence electrons. The molecule has 0 unspecified atom stereocenters. The molecule has 0 amide bonds. The van der Waals surface area contributed by atoms with Gasteiger partial charge in [0.25, 0.3) is 0 Å². The predicted octanol–water partition coefficient (Wildman–Crippen LogP) is -11.5. The molecule has 0 aromatic carbocycles. The molecule has 0 saturated carbocycles. The first kappa shape index (κ1) is 46.0. The Hall–Kier alpha value is 1.55. The summed E-state index contributed by atoms with van der Waals surface area (Å²) >= 11 is 0. The zero-order chi connectivity index (χ0) is 19.5. The molecule has 0 atom stereocenters. The summed E-state index contributed by atoms with van der Waals surface area (Å²) < 4.78 is 0. The molecule has 0 spiro atoms. The summed E-state index contributed by atoms with van der Waals surface area (Å²) in [4.78, 5) is 26.7. The third kappa shape index (κ3) is 169. The fraction of sp³-hybridized carbons (Fsp3) is 0.786. The zero-order valence-corrected chi connectivity index (χ0v) is 25.1. The number of carboxylic acids is 3. The Bertz CT molecular complexity index is 279. The predicted molar refractivity (Wildman–Crippen MR) is 86.7 cm³/mol. The van der Waals surface area contributed by atoms with Gasteiger partial charge in [0.1, 0.15) is 0 Å². The number of hydrogen-bond donors (Lipinski definition) is 2. The fourth-order valence-corrected chi connectivity index (χ4v) is 2.21. The molecule has 0 heterocycles. The number of aliphatic carboxylic acids is 3. The standard InChI is InChI=1S/C8H22N2Si.3C2H4O2.3Na/c1-11(2,3)8-4-6-10-7-5-9;3*1-2(3)4;;;/h10H,4-9H2,1-3H3;3*1H3,(H,3,4);;;/q;;;;3*+1/p-3. The van der Waals surface area contributed by atoms with Crippen LogP contribution in [0.1, 0.15) is 27.2 Å². The molecule has 3 N–H and O–H groups in total. The van der Waals surface area contributed by atoms with E-state index in [9.17, 15) is 0 Å². The number of carbonyl (C=O) groups excluding carboxylic acids is 3. The molecule has 0 saturated heterocycles. The smallest absolute Gasteiger partial charge is 0.550 e. The molecule has 8 nitrogen and oxygen atoms in total. The van der Waals surface area contributed by atoms with Crippen LogP contribution in [-0.4, -0.2) is 45.6 Å². The van der Waals surface area contributed by atoms with E-state index in [0.717, 1.165) is 40.4 Å². The summed E-state index contributed by atoms with van der Waals surface area (Å²) in [5.41, 5.74) is 5.34. The van der Waals surface area contributed by atoms with Crippen LogP contribution in [-0.2, 0) is 14.4 Å². The van der Waals surface area contributed by atoms with Crippen LogP contribution in [0.3, 0.4) is 0 Å². The number of hydrogen-bond acceptors (Lipinski definition) is 8. The molecule has 0 aliphatic carbocycles. The minimum atomic E-state index is -1.08. The van der Waals surface area contributed by atoms with Crippen molar-refractivity contribution in [3.8, 4) is 0 Å². The quantitative estimate of drug-likeness (QED) is 0.317. The Morgan fingerprint density at radius 1 is 0.808 bits per heavy atom. The van der Waals surface area contributed by atoms with E-state index in [2.05, 4.69) is 25.0 Å². The van der Waals surface area contributed by atoms with E-state index in [4.69, 9.17) is 35.4 Å². The van der Waals surface area contributed by atoms with E-state index in [1.807, 2.05) is 0 Å². The van der Waals surface area contributed by atoms with Crippen molar-refractivity contribution >= 4 is 26.0 Å². The average Bonchev–Trinajstić information content (AvgIpc) is 2.24.